The number of aromatic nitrogens is 3. The minimum absolute atomic E-state index is 0.0618. The second-order valence-corrected chi connectivity index (χ2v) is 7.46. The fourth-order valence-corrected chi connectivity index (χ4v) is 2.77. The van der Waals surface area contributed by atoms with E-state index >= 15 is 0 Å². The molecule has 2 aromatic heterocycles. The van der Waals surface area contributed by atoms with Crippen LogP contribution in [0.15, 0.2) is 30.6 Å². The molecule has 1 amide bonds. The number of nitrogen functional groups attached to an aromatic ring is 1. The molecule has 9 nitrogen and oxygen atoms in total. The molecule has 0 aliphatic carbocycles. The Bertz CT molecular complexity index is 858. The molecule has 0 saturated carbocycles. The van der Waals surface area contributed by atoms with Gasteiger partial charge in [-0.1, -0.05) is 6.07 Å². The predicted octanol–water partition coefficient (Wildman–Crippen LogP) is 1.74. The second-order valence-electron chi connectivity index (χ2n) is 7.46. The van der Waals surface area contributed by atoms with Gasteiger partial charge in [0.05, 0.1) is 6.20 Å². The maximum Gasteiger partial charge on any atom is 0.410 e. The van der Waals surface area contributed by atoms with Gasteiger partial charge in [0.25, 0.3) is 0 Å². The van der Waals surface area contributed by atoms with E-state index < -0.39 is 5.60 Å². The van der Waals surface area contributed by atoms with Crippen molar-refractivity contribution in [3.8, 4) is 0 Å². The average molecular weight is 384 g/mol. The number of carbonyl (C=O) groups is 2. The van der Waals surface area contributed by atoms with Crippen molar-refractivity contribution in [2.75, 3.05) is 36.8 Å². The summed E-state index contributed by atoms with van der Waals surface area (Å²) >= 11 is 0. The molecule has 0 unspecified atom stereocenters. The topological polar surface area (TPSA) is 115 Å². The molecule has 3 rings (SSSR count). The summed E-state index contributed by atoms with van der Waals surface area (Å²) in [5.41, 5.74) is 5.67. The third kappa shape index (κ3) is 4.54. The first-order chi connectivity index (χ1) is 13.2. The Hall–Kier alpha value is -3.23. The number of anilines is 2. The molecular formula is C19H24N6O3. The van der Waals surface area contributed by atoms with Crippen molar-refractivity contribution in [3.63, 3.8) is 0 Å². The van der Waals surface area contributed by atoms with Gasteiger partial charge in [0.15, 0.2) is 11.5 Å². The van der Waals surface area contributed by atoms with Gasteiger partial charge >= 0.3 is 6.09 Å². The number of nitrogens with zero attached hydrogens (tertiary/aromatic N) is 5. The van der Waals surface area contributed by atoms with Crippen LogP contribution >= 0.6 is 0 Å². The second kappa shape index (κ2) is 7.79. The quantitative estimate of drug-likeness (QED) is 0.796. The summed E-state index contributed by atoms with van der Waals surface area (Å²) in [6, 6.07) is 5.06. The smallest absolute Gasteiger partial charge is 0.410 e. The molecule has 9 heteroatoms. The molecule has 148 valence electrons. The van der Waals surface area contributed by atoms with Crippen molar-refractivity contribution in [2.24, 2.45) is 0 Å². The van der Waals surface area contributed by atoms with Crippen molar-refractivity contribution in [1.29, 1.82) is 0 Å². The third-order valence-corrected chi connectivity index (χ3v) is 4.16. The van der Waals surface area contributed by atoms with Crippen LogP contribution in [0.4, 0.5) is 16.4 Å². The lowest BCUT2D eigenvalue weighted by Gasteiger charge is -2.36. The number of hydrogen-bond acceptors (Lipinski definition) is 8. The minimum atomic E-state index is -0.530. The van der Waals surface area contributed by atoms with Crippen LogP contribution in [0.3, 0.4) is 0 Å². The number of hydrogen-bond donors (Lipinski definition) is 1. The number of nitrogens with two attached hydrogens (primary N) is 1. The van der Waals surface area contributed by atoms with Gasteiger partial charge in [-0.2, -0.15) is 0 Å². The third-order valence-electron chi connectivity index (χ3n) is 4.16. The molecule has 0 aromatic carbocycles. The summed E-state index contributed by atoms with van der Waals surface area (Å²) in [4.78, 5) is 41.0. The summed E-state index contributed by atoms with van der Waals surface area (Å²) in [6.45, 7) is 7.60. The van der Waals surface area contributed by atoms with Crippen LogP contribution < -0.4 is 10.6 Å². The van der Waals surface area contributed by atoms with Crippen molar-refractivity contribution in [1.82, 2.24) is 19.9 Å². The number of piperazine rings is 1. The van der Waals surface area contributed by atoms with Gasteiger partial charge < -0.3 is 20.3 Å². The summed E-state index contributed by atoms with van der Waals surface area (Å²) in [7, 11) is 0. The van der Waals surface area contributed by atoms with E-state index in [4.69, 9.17) is 10.5 Å². The van der Waals surface area contributed by atoms with E-state index in [9.17, 15) is 9.59 Å². The van der Waals surface area contributed by atoms with E-state index in [1.54, 1.807) is 23.1 Å². The van der Waals surface area contributed by atoms with E-state index in [0.29, 0.717) is 32.0 Å². The Labute approximate surface area is 163 Å². The number of carbonyl (C=O) groups excluding carboxylic acids is 2. The Balaban J connectivity index is 1.71. The highest BCUT2D eigenvalue weighted by atomic mass is 16.6. The number of ketones is 1. The maximum atomic E-state index is 12.6. The molecule has 1 fully saturated rings. The molecule has 0 bridgehead atoms. The number of rotatable bonds is 3. The van der Waals surface area contributed by atoms with E-state index in [2.05, 4.69) is 15.0 Å². The molecule has 1 aliphatic rings. The van der Waals surface area contributed by atoms with E-state index in [-0.39, 0.29) is 29.1 Å². The highest BCUT2D eigenvalue weighted by Gasteiger charge is 2.27. The first kappa shape index (κ1) is 19.5. The zero-order chi connectivity index (χ0) is 20.3. The van der Waals surface area contributed by atoms with Crippen LogP contribution in [0.5, 0.6) is 0 Å². The van der Waals surface area contributed by atoms with Crippen molar-refractivity contribution >= 4 is 23.5 Å². The molecular weight excluding hydrogens is 360 g/mol. The molecule has 0 spiro atoms. The summed E-state index contributed by atoms with van der Waals surface area (Å²) in [5, 5.41) is 0. The fourth-order valence-electron chi connectivity index (χ4n) is 2.77. The first-order valence-electron chi connectivity index (χ1n) is 9.06. The van der Waals surface area contributed by atoms with Crippen LogP contribution in [-0.2, 0) is 4.74 Å². The molecule has 0 atom stereocenters. The van der Waals surface area contributed by atoms with Gasteiger partial charge in [-0.05, 0) is 32.9 Å². The fraction of sp³-hybridized carbons (Fsp3) is 0.421. The Morgan fingerprint density at radius 1 is 1.11 bits per heavy atom. The Morgan fingerprint density at radius 2 is 1.82 bits per heavy atom. The molecule has 0 radical (unpaired) electrons. The molecule has 2 N–H and O–H groups in total. The van der Waals surface area contributed by atoms with E-state index in [1.807, 2.05) is 25.7 Å². The standard InChI is InChI=1S/C19H24N6O3/c1-19(2,3)28-18(27)25-10-8-24(9-11-25)14-12-22-17(20)15(23-14)16(26)13-6-4-5-7-21-13/h4-7,12H,8-11H2,1-3H3,(H2,20,22). The molecule has 28 heavy (non-hydrogen) atoms. The summed E-state index contributed by atoms with van der Waals surface area (Å²) in [6.07, 6.45) is 2.74. The van der Waals surface area contributed by atoms with Gasteiger partial charge in [-0.15, -0.1) is 0 Å². The molecule has 2 aromatic rings. The molecule has 1 aliphatic heterocycles. The lowest BCUT2D eigenvalue weighted by Crippen LogP contribution is -2.50. The zero-order valence-corrected chi connectivity index (χ0v) is 16.3. The first-order valence-corrected chi connectivity index (χ1v) is 9.06. The molecule has 3 heterocycles. The van der Waals surface area contributed by atoms with Crippen LogP contribution in [0, 0.1) is 0 Å². The lowest BCUT2D eigenvalue weighted by atomic mass is 10.2. The predicted molar refractivity (Wildman–Crippen MR) is 104 cm³/mol. The zero-order valence-electron chi connectivity index (χ0n) is 16.3. The lowest BCUT2D eigenvalue weighted by molar-refractivity contribution is 0.0240. The minimum Gasteiger partial charge on any atom is -0.444 e. The van der Waals surface area contributed by atoms with Crippen LogP contribution in [0.1, 0.15) is 37.0 Å². The normalized spacial score (nSPS) is 14.7. The van der Waals surface area contributed by atoms with Crippen LogP contribution in [0.25, 0.3) is 0 Å². The van der Waals surface area contributed by atoms with E-state index in [1.165, 1.54) is 12.4 Å². The summed E-state index contributed by atoms with van der Waals surface area (Å²) < 4.78 is 5.41. The van der Waals surface area contributed by atoms with Gasteiger partial charge in [-0.25, -0.2) is 14.8 Å². The maximum absolute atomic E-state index is 12.6. The van der Waals surface area contributed by atoms with Crippen LogP contribution in [-0.4, -0.2) is 63.5 Å². The monoisotopic (exact) mass is 384 g/mol. The average Bonchev–Trinajstić information content (AvgIpc) is 2.67. The summed E-state index contributed by atoms with van der Waals surface area (Å²) in [5.74, 6) is 0.226. The van der Waals surface area contributed by atoms with Crippen LogP contribution in [0.2, 0.25) is 0 Å². The SMILES string of the molecule is CC(C)(C)OC(=O)N1CCN(c2cnc(N)c(C(=O)c3ccccn3)n2)CC1. The Kier molecular flexibility index (Phi) is 5.43. The largest absolute Gasteiger partial charge is 0.444 e. The van der Waals surface area contributed by atoms with Gasteiger partial charge in [0.1, 0.15) is 17.1 Å². The Morgan fingerprint density at radius 3 is 2.43 bits per heavy atom. The highest BCUT2D eigenvalue weighted by molar-refractivity contribution is 6.09. The van der Waals surface area contributed by atoms with Crippen molar-refractivity contribution in [2.45, 2.75) is 26.4 Å². The molecule has 1 saturated heterocycles. The number of ether oxygens (including phenoxy) is 1. The van der Waals surface area contributed by atoms with Crippen molar-refractivity contribution in [3.05, 3.63) is 42.0 Å². The number of amides is 1. The highest BCUT2D eigenvalue weighted by Crippen LogP contribution is 2.19. The van der Waals surface area contributed by atoms with Crippen molar-refractivity contribution < 1.29 is 14.3 Å². The van der Waals surface area contributed by atoms with Gasteiger partial charge in [0, 0.05) is 32.4 Å². The number of pyridine rings is 1. The van der Waals surface area contributed by atoms with Gasteiger partial charge in [-0.3, -0.25) is 9.78 Å². The van der Waals surface area contributed by atoms with E-state index in [0.717, 1.165) is 0 Å². The van der Waals surface area contributed by atoms with Gasteiger partial charge in [0.2, 0.25) is 5.78 Å².